The Kier molecular flexibility index (Phi) is 6.41. The number of benzene rings is 2. The number of hydrogen-bond donors (Lipinski definition) is 1. The molecule has 0 radical (unpaired) electrons. The molecule has 4 rings (SSSR count). The van der Waals surface area contributed by atoms with Gasteiger partial charge in [-0.2, -0.15) is 0 Å². The summed E-state index contributed by atoms with van der Waals surface area (Å²) in [5, 5.41) is 3.81. The highest BCUT2D eigenvalue weighted by atomic mass is 35.5. The number of aryl methyl sites for hydroxylation is 1. The van der Waals surface area contributed by atoms with Gasteiger partial charge in [0.2, 0.25) is 0 Å². The van der Waals surface area contributed by atoms with Crippen molar-refractivity contribution in [2.24, 2.45) is 4.99 Å². The van der Waals surface area contributed by atoms with Crippen LogP contribution in [0.1, 0.15) is 21.7 Å². The minimum atomic E-state index is -0.398. The molecule has 2 aromatic carbocycles. The van der Waals surface area contributed by atoms with Gasteiger partial charge in [0.25, 0.3) is 5.91 Å². The van der Waals surface area contributed by atoms with Crippen molar-refractivity contribution in [3.63, 3.8) is 0 Å². The molecule has 1 aliphatic rings. The van der Waals surface area contributed by atoms with Crippen LogP contribution in [-0.4, -0.2) is 24.2 Å². The van der Waals surface area contributed by atoms with E-state index in [9.17, 15) is 9.59 Å². The fraction of sp³-hybridized carbons (Fsp3) is 0.0870. The first kappa shape index (κ1) is 22.2. The van der Waals surface area contributed by atoms with E-state index in [1.54, 1.807) is 48.5 Å². The van der Waals surface area contributed by atoms with Crippen molar-refractivity contribution in [3.05, 3.63) is 80.4 Å². The summed E-state index contributed by atoms with van der Waals surface area (Å²) in [6.45, 7) is 1.88. The Labute approximate surface area is 198 Å². The van der Waals surface area contributed by atoms with Crippen LogP contribution in [0.4, 0.5) is 5.69 Å². The Morgan fingerprint density at radius 3 is 2.75 bits per heavy atom. The van der Waals surface area contributed by atoms with Crippen LogP contribution in [-0.2, 0) is 9.53 Å². The quantitative estimate of drug-likeness (QED) is 0.348. The molecule has 1 N–H and O–H groups in total. The number of carbonyl (C=O) groups is 2. The monoisotopic (exact) mass is 486 g/mol. The third-order valence-electron chi connectivity index (χ3n) is 4.62. The van der Waals surface area contributed by atoms with Gasteiger partial charge in [0, 0.05) is 11.6 Å². The van der Waals surface area contributed by atoms with Gasteiger partial charge >= 0.3 is 5.97 Å². The predicted octanol–water partition coefficient (Wildman–Crippen LogP) is 6.24. The number of amides is 1. The second-order valence-electron chi connectivity index (χ2n) is 6.78. The van der Waals surface area contributed by atoms with Crippen LogP contribution in [0, 0.1) is 6.92 Å². The zero-order chi connectivity index (χ0) is 22.8. The molecule has 0 spiro atoms. The number of nitrogens with one attached hydrogen (secondary N) is 1. The summed E-state index contributed by atoms with van der Waals surface area (Å²) in [6.07, 6.45) is 1.64. The van der Waals surface area contributed by atoms with E-state index < -0.39 is 5.97 Å². The molecule has 9 heteroatoms. The number of hydrogen-bond acceptors (Lipinski definition) is 6. The molecule has 1 aromatic heterocycles. The predicted molar refractivity (Wildman–Crippen MR) is 127 cm³/mol. The Bertz CT molecular complexity index is 1300. The number of carbonyl (C=O) groups excluding carboxylic acids is 2. The minimum absolute atomic E-state index is 0.288. The van der Waals surface area contributed by atoms with E-state index in [4.69, 9.17) is 32.4 Å². The number of aliphatic imine (C=N–C) groups is 1. The third kappa shape index (κ3) is 4.60. The summed E-state index contributed by atoms with van der Waals surface area (Å²) in [6, 6.07) is 13.9. The molecule has 0 atom stereocenters. The van der Waals surface area contributed by atoms with Gasteiger partial charge in [-0.3, -0.25) is 4.79 Å². The van der Waals surface area contributed by atoms with Crippen molar-refractivity contribution in [1.29, 1.82) is 0 Å². The maximum Gasteiger partial charge on any atom is 0.337 e. The minimum Gasteiger partial charge on any atom is -0.465 e. The lowest BCUT2D eigenvalue weighted by Gasteiger charge is -2.05. The molecule has 0 saturated carbocycles. The molecule has 2 heterocycles. The first-order chi connectivity index (χ1) is 15.4. The molecule has 1 fully saturated rings. The van der Waals surface area contributed by atoms with E-state index in [0.29, 0.717) is 42.9 Å². The number of rotatable bonds is 4. The second-order valence-corrected chi connectivity index (χ2v) is 8.59. The van der Waals surface area contributed by atoms with Gasteiger partial charge in [-0.1, -0.05) is 35.3 Å². The van der Waals surface area contributed by atoms with Crippen molar-refractivity contribution >= 4 is 63.8 Å². The third-order valence-corrected chi connectivity index (χ3v) is 6.34. The summed E-state index contributed by atoms with van der Waals surface area (Å²) >= 11 is 13.4. The summed E-state index contributed by atoms with van der Waals surface area (Å²) in [5.74, 6) is 0.443. The lowest BCUT2D eigenvalue weighted by Crippen LogP contribution is -2.19. The van der Waals surface area contributed by atoms with Crippen LogP contribution in [0.25, 0.3) is 17.4 Å². The van der Waals surface area contributed by atoms with Crippen molar-refractivity contribution in [3.8, 4) is 11.3 Å². The van der Waals surface area contributed by atoms with E-state index in [1.165, 1.54) is 18.9 Å². The van der Waals surface area contributed by atoms with Crippen molar-refractivity contribution in [2.75, 3.05) is 7.11 Å². The maximum absolute atomic E-state index is 12.4. The normalized spacial score (nSPS) is 15.9. The van der Waals surface area contributed by atoms with E-state index in [-0.39, 0.29) is 5.91 Å². The van der Waals surface area contributed by atoms with E-state index >= 15 is 0 Å². The average molecular weight is 487 g/mol. The number of nitrogens with zero attached hydrogens (tertiary/aromatic N) is 1. The summed E-state index contributed by atoms with van der Waals surface area (Å²) in [5.41, 5.74) is 2.63. The average Bonchev–Trinajstić information content (AvgIpc) is 3.37. The van der Waals surface area contributed by atoms with E-state index in [2.05, 4.69) is 10.3 Å². The lowest BCUT2D eigenvalue weighted by molar-refractivity contribution is -0.115. The molecule has 0 aliphatic carbocycles. The lowest BCUT2D eigenvalue weighted by atomic mass is 10.0. The number of methoxy groups -OCH3 is 1. The molecule has 1 saturated heterocycles. The van der Waals surface area contributed by atoms with E-state index in [0.717, 1.165) is 11.1 Å². The zero-order valence-corrected chi connectivity index (χ0v) is 19.3. The highest BCUT2D eigenvalue weighted by Gasteiger charge is 2.25. The highest BCUT2D eigenvalue weighted by Crippen LogP contribution is 2.35. The molecule has 32 heavy (non-hydrogen) atoms. The van der Waals surface area contributed by atoms with Gasteiger partial charge in [-0.05, 0) is 60.6 Å². The molecule has 1 amide bonds. The number of halogens is 2. The SMILES string of the molecule is COC(=O)c1ccc(-c2ccc(/C=C3/SC(=Nc4cccc(Cl)c4Cl)NC3=O)o2)c(C)c1. The Balaban J connectivity index is 1.56. The van der Waals surface area contributed by atoms with Crippen LogP contribution in [0.15, 0.2) is 62.8 Å². The second kappa shape index (κ2) is 9.24. The van der Waals surface area contributed by atoms with Crippen LogP contribution in [0.3, 0.4) is 0 Å². The maximum atomic E-state index is 12.4. The standard InChI is InChI=1S/C23H16Cl2N2O4S/c1-12-10-13(22(29)30-2)6-8-15(12)18-9-7-14(31-18)11-19-21(28)27-23(32-19)26-17-5-3-4-16(24)20(17)25/h3-11H,1-2H3,(H,26,27,28)/b19-11+. The molecule has 0 unspecified atom stereocenters. The molecular weight excluding hydrogens is 471 g/mol. The van der Waals surface area contributed by atoms with Crippen LogP contribution < -0.4 is 5.32 Å². The largest absolute Gasteiger partial charge is 0.465 e. The fourth-order valence-electron chi connectivity index (χ4n) is 3.06. The first-order valence-electron chi connectivity index (χ1n) is 9.38. The first-order valence-corrected chi connectivity index (χ1v) is 11.0. The number of esters is 1. The molecule has 3 aromatic rings. The van der Waals surface area contributed by atoms with Gasteiger partial charge in [0.05, 0.1) is 33.3 Å². The number of amidine groups is 1. The van der Waals surface area contributed by atoms with Crippen LogP contribution >= 0.6 is 35.0 Å². The van der Waals surface area contributed by atoms with E-state index in [1.807, 2.05) is 13.0 Å². The van der Waals surface area contributed by atoms with Gasteiger partial charge in [-0.15, -0.1) is 0 Å². The fourth-order valence-corrected chi connectivity index (χ4v) is 4.21. The van der Waals surface area contributed by atoms with Crippen molar-refractivity contribution in [1.82, 2.24) is 5.32 Å². The summed E-state index contributed by atoms with van der Waals surface area (Å²) in [7, 11) is 1.34. The number of thioether (sulfide) groups is 1. The van der Waals surface area contributed by atoms with Gasteiger partial charge in [0.15, 0.2) is 5.17 Å². The highest BCUT2D eigenvalue weighted by molar-refractivity contribution is 8.18. The zero-order valence-electron chi connectivity index (χ0n) is 16.9. The van der Waals surface area contributed by atoms with Crippen LogP contribution in [0.5, 0.6) is 0 Å². The van der Waals surface area contributed by atoms with Crippen molar-refractivity contribution < 1.29 is 18.7 Å². The number of furan rings is 1. The smallest absolute Gasteiger partial charge is 0.337 e. The molecule has 1 aliphatic heterocycles. The Morgan fingerprint density at radius 2 is 2.00 bits per heavy atom. The molecule has 162 valence electrons. The number of ether oxygens (including phenoxy) is 1. The van der Waals surface area contributed by atoms with Crippen LogP contribution in [0.2, 0.25) is 10.0 Å². The molecule has 6 nitrogen and oxygen atoms in total. The summed E-state index contributed by atoms with van der Waals surface area (Å²) < 4.78 is 10.7. The summed E-state index contributed by atoms with van der Waals surface area (Å²) in [4.78, 5) is 28.9. The van der Waals surface area contributed by atoms with Gasteiger partial charge < -0.3 is 14.5 Å². The topological polar surface area (TPSA) is 80.9 Å². The van der Waals surface area contributed by atoms with Gasteiger partial charge in [0.1, 0.15) is 11.5 Å². The Hall–Kier alpha value is -3.00. The van der Waals surface area contributed by atoms with Gasteiger partial charge in [-0.25, -0.2) is 9.79 Å². The Morgan fingerprint density at radius 1 is 1.19 bits per heavy atom. The van der Waals surface area contributed by atoms with Crippen molar-refractivity contribution in [2.45, 2.75) is 6.92 Å². The molecular formula is C23H16Cl2N2O4S. The molecule has 0 bridgehead atoms.